The van der Waals surface area contributed by atoms with E-state index in [1.807, 2.05) is 0 Å². The van der Waals surface area contributed by atoms with Crippen LogP contribution in [0.3, 0.4) is 0 Å². The molecule has 1 heterocycles. The van der Waals surface area contributed by atoms with E-state index >= 15 is 0 Å². The van der Waals surface area contributed by atoms with E-state index < -0.39 is 46.6 Å². The lowest BCUT2D eigenvalue weighted by molar-refractivity contribution is -0.137. The summed E-state index contributed by atoms with van der Waals surface area (Å²) in [5.74, 6) is -1.81. The Kier molecular flexibility index (Phi) is 7.09. The van der Waals surface area contributed by atoms with Gasteiger partial charge in [-0.25, -0.2) is 0 Å². The lowest BCUT2D eigenvalue weighted by atomic mass is 9.95. The highest BCUT2D eigenvalue weighted by Gasteiger charge is 2.36. The molecular weight excluding hydrogens is 405 g/mol. The van der Waals surface area contributed by atoms with Crippen molar-refractivity contribution >= 4 is 29.1 Å². The molecule has 0 bridgehead atoms. The van der Waals surface area contributed by atoms with Gasteiger partial charge in [0.15, 0.2) is 0 Å². The Bertz CT molecular complexity index is 821. The SMILES string of the molecule is CC(C)(C)C(=O)N[C@H](CN)C(=O)Nc1ccc(N2CCOCC2=O)cc1C(F)(F)F. The van der Waals surface area contributed by atoms with Crippen LogP contribution in [0.4, 0.5) is 24.5 Å². The predicted octanol–water partition coefficient (Wildman–Crippen LogP) is 1.50. The van der Waals surface area contributed by atoms with Crippen LogP contribution in [0.1, 0.15) is 26.3 Å². The van der Waals surface area contributed by atoms with Gasteiger partial charge in [-0.15, -0.1) is 0 Å². The van der Waals surface area contributed by atoms with Gasteiger partial charge in [0.25, 0.3) is 5.91 Å². The number of ether oxygens (including phenoxy) is 1. The van der Waals surface area contributed by atoms with Gasteiger partial charge in [0, 0.05) is 24.2 Å². The molecule has 166 valence electrons. The van der Waals surface area contributed by atoms with Crippen LogP contribution < -0.4 is 21.3 Å². The maximum absolute atomic E-state index is 13.6. The number of benzene rings is 1. The molecule has 1 saturated heterocycles. The Balaban J connectivity index is 2.28. The van der Waals surface area contributed by atoms with Crippen molar-refractivity contribution in [3.63, 3.8) is 0 Å². The summed E-state index contributed by atoms with van der Waals surface area (Å²) < 4.78 is 45.8. The molecule has 0 unspecified atom stereocenters. The number of carbonyl (C=O) groups excluding carboxylic acids is 3. The molecule has 11 heteroatoms. The average molecular weight is 430 g/mol. The molecule has 1 aromatic carbocycles. The van der Waals surface area contributed by atoms with Gasteiger partial charge in [0.05, 0.1) is 17.9 Å². The van der Waals surface area contributed by atoms with Crippen LogP contribution in [0.25, 0.3) is 0 Å². The minimum Gasteiger partial charge on any atom is -0.370 e. The van der Waals surface area contributed by atoms with E-state index in [1.165, 1.54) is 11.0 Å². The van der Waals surface area contributed by atoms with Crippen LogP contribution in [0.2, 0.25) is 0 Å². The third kappa shape index (κ3) is 5.70. The van der Waals surface area contributed by atoms with Crippen molar-refractivity contribution in [1.82, 2.24) is 5.32 Å². The number of amides is 3. The monoisotopic (exact) mass is 430 g/mol. The van der Waals surface area contributed by atoms with E-state index in [9.17, 15) is 27.6 Å². The summed E-state index contributed by atoms with van der Waals surface area (Å²) in [4.78, 5) is 37.7. The summed E-state index contributed by atoms with van der Waals surface area (Å²) in [6, 6.07) is 1.96. The van der Waals surface area contributed by atoms with Crippen molar-refractivity contribution in [2.75, 3.05) is 36.5 Å². The Labute approximate surface area is 171 Å². The average Bonchev–Trinajstić information content (AvgIpc) is 2.65. The molecule has 3 amide bonds. The van der Waals surface area contributed by atoms with Crippen molar-refractivity contribution in [2.45, 2.75) is 33.0 Å². The number of anilines is 2. The van der Waals surface area contributed by atoms with E-state index in [0.717, 1.165) is 12.1 Å². The van der Waals surface area contributed by atoms with Crippen molar-refractivity contribution in [3.8, 4) is 0 Å². The summed E-state index contributed by atoms with van der Waals surface area (Å²) in [5.41, 5.74) is 3.14. The third-order valence-electron chi connectivity index (χ3n) is 4.40. The molecule has 0 saturated carbocycles. The summed E-state index contributed by atoms with van der Waals surface area (Å²) in [6.07, 6.45) is -4.79. The van der Waals surface area contributed by atoms with E-state index in [0.29, 0.717) is 0 Å². The maximum atomic E-state index is 13.6. The molecule has 0 aliphatic carbocycles. The number of rotatable bonds is 5. The predicted molar refractivity (Wildman–Crippen MR) is 104 cm³/mol. The Morgan fingerprint density at radius 3 is 2.47 bits per heavy atom. The Morgan fingerprint density at radius 1 is 1.27 bits per heavy atom. The van der Waals surface area contributed by atoms with E-state index in [-0.39, 0.29) is 32.0 Å². The Hall–Kier alpha value is -2.66. The van der Waals surface area contributed by atoms with Gasteiger partial charge in [-0.3, -0.25) is 14.4 Å². The van der Waals surface area contributed by atoms with E-state index in [2.05, 4.69) is 10.6 Å². The highest BCUT2D eigenvalue weighted by molar-refractivity contribution is 5.99. The number of hydrogen-bond donors (Lipinski definition) is 3. The summed E-state index contributed by atoms with van der Waals surface area (Å²) in [6.45, 7) is 4.69. The first-order valence-corrected chi connectivity index (χ1v) is 9.26. The molecule has 1 aromatic rings. The van der Waals surface area contributed by atoms with Gasteiger partial charge in [-0.1, -0.05) is 20.8 Å². The zero-order chi connectivity index (χ0) is 22.7. The summed E-state index contributed by atoms with van der Waals surface area (Å²) in [5, 5.41) is 4.61. The molecule has 0 spiro atoms. The topological polar surface area (TPSA) is 114 Å². The van der Waals surface area contributed by atoms with Crippen LogP contribution in [-0.2, 0) is 25.3 Å². The number of halogens is 3. The molecule has 1 aliphatic rings. The fourth-order valence-corrected chi connectivity index (χ4v) is 2.66. The van der Waals surface area contributed by atoms with Gasteiger partial charge in [-0.2, -0.15) is 13.2 Å². The molecule has 0 radical (unpaired) electrons. The fourth-order valence-electron chi connectivity index (χ4n) is 2.66. The highest BCUT2D eigenvalue weighted by atomic mass is 19.4. The summed E-state index contributed by atoms with van der Waals surface area (Å²) in [7, 11) is 0. The van der Waals surface area contributed by atoms with Gasteiger partial charge in [0.2, 0.25) is 11.8 Å². The molecule has 30 heavy (non-hydrogen) atoms. The number of nitrogens with two attached hydrogens (primary N) is 1. The first-order valence-electron chi connectivity index (χ1n) is 9.26. The van der Waals surface area contributed by atoms with E-state index in [4.69, 9.17) is 10.5 Å². The normalized spacial score (nSPS) is 16.2. The molecule has 1 aliphatic heterocycles. The standard InChI is InChI=1S/C19H25F3N4O4/c1-18(2,3)17(29)25-14(9-23)16(28)24-13-5-4-11(8-12(13)19(20,21)22)26-6-7-30-10-15(26)27/h4-5,8,14H,6-7,9-10,23H2,1-3H3,(H,24,28)(H,25,29)/t14-/m1/s1. The molecule has 1 fully saturated rings. The quantitative estimate of drug-likeness (QED) is 0.655. The minimum absolute atomic E-state index is 0.0463. The van der Waals surface area contributed by atoms with Crippen LogP contribution in [0.5, 0.6) is 0 Å². The molecule has 4 N–H and O–H groups in total. The molecule has 8 nitrogen and oxygen atoms in total. The largest absolute Gasteiger partial charge is 0.418 e. The Morgan fingerprint density at radius 2 is 1.93 bits per heavy atom. The lowest BCUT2D eigenvalue weighted by Crippen LogP contribution is -2.51. The summed E-state index contributed by atoms with van der Waals surface area (Å²) >= 11 is 0. The van der Waals surface area contributed by atoms with Crippen LogP contribution in [0.15, 0.2) is 18.2 Å². The number of nitrogens with one attached hydrogen (secondary N) is 2. The number of morpholine rings is 1. The van der Waals surface area contributed by atoms with Crippen molar-refractivity contribution in [2.24, 2.45) is 11.1 Å². The first kappa shape index (κ1) is 23.6. The number of nitrogens with zero attached hydrogens (tertiary/aromatic N) is 1. The zero-order valence-corrected chi connectivity index (χ0v) is 16.9. The lowest BCUT2D eigenvalue weighted by Gasteiger charge is -2.28. The highest BCUT2D eigenvalue weighted by Crippen LogP contribution is 2.37. The fraction of sp³-hybridized carbons (Fsp3) is 0.526. The second kappa shape index (κ2) is 9.00. The zero-order valence-electron chi connectivity index (χ0n) is 16.9. The third-order valence-corrected chi connectivity index (χ3v) is 4.40. The van der Waals surface area contributed by atoms with Gasteiger partial charge in [0.1, 0.15) is 12.6 Å². The number of alkyl halides is 3. The van der Waals surface area contributed by atoms with Gasteiger partial charge >= 0.3 is 6.18 Å². The van der Waals surface area contributed by atoms with Crippen LogP contribution in [-0.4, -0.2) is 50.1 Å². The van der Waals surface area contributed by atoms with Crippen molar-refractivity contribution in [1.29, 1.82) is 0 Å². The number of carbonyl (C=O) groups is 3. The second-order valence-corrected chi connectivity index (χ2v) is 7.83. The second-order valence-electron chi connectivity index (χ2n) is 7.83. The number of hydrogen-bond acceptors (Lipinski definition) is 5. The van der Waals surface area contributed by atoms with Gasteiger partial charge in [-0.05, 0) is 18.2 Å². The van der Waals surface area contributed by atoms with Crippen LogP contribution in [0, 0.1) is 5.41 Å². The van der Waals surface area contributed by atoms with Crippen LogP contribution >= 0.6 is 0 Å². The van der Waals surface area contributed by atoms with Gasteiger partial charge < -0.3 is 26.0 Å². The molecule has 0 aromatic heterocycles. The van der Waals surface area contributed by atoms with Crippen molar-refractivity contribution in [3.05, 3.63) is 23.8 Å². The first-order chi connectivity index (χ1) is 13.8. The smallest absolute Gasteiger partial charge is 0.370 e. The van der Waals surface area contributed by atoms with Crippen molar-refractivity contribution < 1.29 is 32.3 Å². The minimum atomic E-state index is -4.79. The molecule has 2 rings (SSSR count). The molecular formula is C19H25F3N4O4. The molecule has 1 atom stereocenters. The van der Waals surface area contributed by atoms with E-state index in [1.54, 1.807) is 20.8 Å². The maximum Gasteiger partial charge on any atom is 0.418 e.